The third kappa shape index (κ3) is 2.91. The Morgan fingerprint density at radius 1 is 1.41 bits per heavy atom. The lowest BCUT2D eigenvalue weighted by molar-refractivity contribution is -0.118. The number of ketones is 1. The molecule has 1 atom stereocenters. The van der Waals surface area contributed by atoms with Crippen LogP contribution < -0.4 is 0 Å². The lowest BCUT2D eigenvalue weighted by atomic mass is 10.0. The van der Waals surface area contributed by atoms with E-state index < -0.39 is 0 Å². The van der Waals surface area contributed by atoms with Crippen LogP contribution >= 0.6 is 15.9 Å². The van der Waals surface area contributed by atoms with E-state index in [0.29, 0.717) is 6.42 Å². The summed E-state index contributed by atoms with van der Waals surface area (Å²) < 4.78 is 0. The molecule has 2 nitrogen and oxygen atoms in total. The second kappa shape index (κ2) is 5.41. The highest BCUT2D eigenvalue weighted by atomic mass is 79.9. The van der Waals surface area contributed by atoms with Gasteiger partial charge in [-0.15, -0.1) is 0 Å². The molecule has 0 aliphatic carbocycles. The van der Waals surface area contributed by atoms with Gasteiger partial charge in [0.25, 0.3) is 0 Å². The van der Waals surface area contributed by atoms with Gasteiger partial charge in [-0.3, -0.25) is 9.78 Å². The van der Waals surface area contributed by atoms with Gasteiger partial charge < -0.3 is 0 Å². The Morgan fingerprint density at radius 3 is 3.00 bits per heavy atom. The summed E-state index contributed by atoms with van der Waals surface area (Å²) >= 11 is 3.44. The summed E-state index contributed by atoms with van der Waals surface area (Å²) in [6.45, 7) is 1.89. The van der Waals surface area contributed by atoms with Crippen LogP contribution in [-0.2, 0) is 11.2 Å². The van der Waals surface area contributed by atoms with Crippen molar-refractivity contribution < 1.29 is 4.79 Å². The second-order valence-electron chi connectivity index (χ2n) is 4.02. The Labute approximate surface area is 109 Å². The first-order chi connectivity index (χ1) is 8.20. The summed E-state index contributed by atoms with van der Waals surface area (Å²) in [7, 11) is 0. The van der Waals surface area contributed by atoms with Gasteiger partial charge in [0.05, 0.1) is 10.3 Å². The molecule has 0 fully saturated rings. The number of halogens is 1. The van der Waals surface area contributed by atoms with Crippen LogP contribution in [0.5, 0.6) is 0 Å². The molecule has 0 spiro atoms. The van der Waals surface area contributed by atoms with Crippen LogP contribution in [0.3, 0.4) is 0 Å². The summed E-state index contributed by atoms with van der Waals surface area (Å²) in [6, 6.07) is 10.1. The SMILES string of the molecule is CCC(=O)C(Br)Cc1ccc2ncccc2c1. The minimum Gasteiger partial charge on any atom is -0.298 e. The Morgan fingerprint density at radius 2 is 2.24 bits per heavy atom. The number of nitrogens with zero attached hydrogens (tertiary/aromatic N) is 1. The maximum atomic E-state index is 11.5. The van der Waals surface area contributed by atoms with E-state index in [1.807, 2.05) is 31.2 Å². The van der Waals surface area contributed by atoms with Gasteiger partial charge >= 0.3 is 0 Å². The van der Waals surface area contributed by atoms with Gasteiger partial charge in [-0.05, 0) is 30.2 Å². The standard InChI is InChI=1S/C14H14BrNO/c1-2-14(17)12(15)9-10-5-6-13-11(8-10)4-3-7-16-13/h3-8,12H,2,9H2,1H3. The van der Waals surface area contributed by atoms with E-state index in [-0.39, 0.29) is 10.6 Å². The molecule has 1 unspecified atom stereocenters. The number of hydrogen-bond donors (Lipinski definition) is 0. The highest BCUT2D eigenvalue weighted by Gasteiger charge is 2.13. The van der Waals surface area contributed by atoms with E-state index in [1.165, 1.54) is 0 Å². The van der Waals surface area contributed by atoms with E-state index in [2.05, 4.69) is 27.0 Å². The summed E-state index contributed by atoms with van der Waals surface area (Å²) in [5.41, 5.74) is 2.15. The molecule has 0 radical (unpaired) electrons. The molecule has 17 heavy (non-hydrogen) atoms. The summed E-state index contributed by atoms with van der Waals surface area (Å²) in [6.07, 6.45) is 3.10. The van der Waals surface area contributed by atoms with Gasteiger partial charge in [0, 0.05) is 18.0 Å². The zero-order valence-corrected chi connectivity index (χ0v) is 11.3. The molecule has 0 aliphatic rings. The number of alkyl halides is 1. The molecule has 0 amide bonds. The molecule has 3 heteroatoms. The van der Waals surface area contributed by atoms with E-state index in [1.54, 1.807) is 6.20 Å². The Bertz CT molecular complexity index is 538. The van der Waals surface area contributed by atoms with Gasteiger partial charge in [-0.25, -0.2) is 0 Å². The number of benzene rings is 1. The molecule has 2 rings (SSSR count). The third-order valence-electron chi connectivity index (χ3n) is 2.78. The first-order valence-electron chi connectivity index (χ1n) is 5.71. The van der Waals surface area contributed by atoms with Gasteiger partial charge in [-0.1, -0.05) is 35.0 Å². The molecule has 1 heterocycles. The fraction of sp³-hybridized carbons (Fsp3) is 0.286. The van der Waals surface area contributed by atoms with Crippen LogP contribution in [-0.4, -0.2) is 15.6 Å². The predicted octanol–water partition coefficient (Wildman–Crippen LogP) is 3.52. The fourth-order valence-electron chi connectivity index (χ4n) is 1.79. The molecule has 2 aromatic rings. The predicted molar refractivity (Wildman–Crippen MR) is 73.5 cm³/mol. The molecule has 0 saturated heterocycles. The first kappa shape index (κ1) is 12.2. The number of aromatic nitrogens is 1. The van der Waals surface area contributed by atoms with Crippen LogP contribution in [0.1, 0.15) is 18.9 Å². The number of carbonyl (C=O) groups excluding carboxylic acids is 1. The maximum absolute atomic E-state index is 11.5. The van der Waals surface area contributed by atoms with Gasteiger partial charge in [0.1, 0.15) is 5.78 Å². The molecular weight excluding hydrogens is 278 g/mol. The number of hydrogen-bond acceptors (Lipinski definition) is 2. The molecule has 1 aromatic carbocycles. The summed E-state index contributed by atoms with van der Waals surface area (Å²) in [4.78, 5) is 15.7. The Balaban J connectivity index is 2.22. The van der Waals surface area contributed by atoms with E-state index >= 15 is 0 Å². The van der Waals surface area contributed by atoms with Crippen molar-refractivity contribution in [1.29, 1.82) is 0 Å². The summed E-state index contributed by atoms with van der Waals surface area (Å²) in [5, 5.41) is 1.12. The number of pyridine rings is 1. The highest BCUT2D eigenvalue weighted by Crippen LogP contribution is 2.17. The molecule has 1 aromatic heterocycles. The van der Waals surface area contributed by atoms with Gasteiger partial charge in [-0.2, -0.15) is 0 Å². The van der Waals surface area contributed by atoms with Crippen LogP contribution in [0.15, 0.2) is 36.5 Å². The van der Waals surface area contributed by atoms with Crippen LogP contribution in [0, 0.1) is 0 Å². The lowest BCUT2D eigenvalue weighted by Gasteiger charge is -2.08. The Kier molecular flexibility index (Phi) is 3.89. The molecule has 0 bridgehead atoms. The smallest absolute Gasteiger partial charge is 0.146 e. The molecule has 0 saturated carbocycles. The molecular formula is C14H14BrNO. The van der Waals surface area contributed by atoms with E-state index in [0.717, 1.165) is 22.9 Å². The van der Waals surface area contributed by atoms with Crippen molar-refractivity contribution in [2.45, 2.75) is 24.6 Å². The van der Waals surface area contributed by atoms with E-state index in [4.69, 9.17) is 0 Å². The monoisotopic (exact) mass is 291 g/mol. The fourth-order valence-corrected chi connectivity index (χ4v) is 2.49. The number of rotatable bonds is 4. The van der Waals surface area contributed by atoms with Crippen LogP contribution in [0.4, 0.5) is 0 Å². The average molecular weight is 292 g/mol. The van der Waals surface area contributed by atoms with Crippen molar-refractivity contribution in [3.63, 3.8) is 0 Å². The number of carbonyl (C=O) groups is 1. The van der Waals surface area contributed by atoms with Crippen LogP contribution in [0.2, 0.25) is 0 Å². The first-order valence-corrected chi connectivity index (χ1v) is 6.62. The number of Topliss-reactive ketones (excluding diaryl/α,β-unsaturated/α-hetero) is 1. The largest absolute Gasteiger partial charge is 0.298 e. The topological polar surface area (TPSA) is 30.0 Å². The normalized spacial score (nSPS) is 12.6. The minimum absolute atomic E-state index is 0.0818. The van der Waals surface area contributed by atoms with Crippen molar-refractivity contribution >= 4 is 32.6 Å². The van der Waals surface area contributed by atoms with Crippen molar-refractivity contribution in [3.8, 4) is 0 Å². The van der Waals surface area contributed by atoms with E-state index in [9.17, 15) is 4.79 Å². The number of fused-ring (bicyclic) bond motifs is 1. The molecule has 0 aliphatic heterocycles. The van der Waals surface area contributed by atoms with Gasteiger partial charge in [0.15, 0.2) is 0 Å². The van der Waals surface area contributed by atoms with Crippen LogP contribution in [0.25, 0.3) is 10.9 Å². The molecule has 0 N–H and O–H groups in total. The quantitative estimate of drug-likeness (QED) is 0.807. The Hall–Kier alpha value is -1.22. The zero-order chi connectivity index (χ0) is 12.3. The van der Waals surface area contributed by atoms with Crippen molar-refractivity contribution in [2.75, 3.05) is 0 Å². The summed E-state index contributed by atoms with van der Waals surface area (Å²) in [5.74, 6) is 0.247. The lowest BCUT2D eigenvalue weighted by Crippen LogP contribution is -2.15. The van der Waals surface area contributed by atoms with Crippen molar-refractivity contribution in [2.24, 2.45) is 0 Å². The molecule has 88 valence electrons. The van der Waals surface area contributed by atoms with Crippen molar-refractivity contribution in [1.82, 2.24) is 4.98 Å². The highest BCUT2D eigenvalue weighted by molar-refractivity contribution is 9.10. The third-order valence-corrected chi connectivity index (χ3v) is 3.61. The minimum atomic E-state index is -0.0818. The second-order valence-corrected chi connectivity index (χ2v) is 5.13. The zero-order valence-electron chi connectivity index (χ0n) is 9.69. The van der Waals surface area contributed by atoms with Crippen molar-refractivity contribution in [3.05, 3.63) is 42.1 Å². The van der Waals surface area contributed by atoms with Gasteiger partial charge in [0.2, 0.25) is 0 Å². The maximum Gasteiger partial charge on any atom is 0.146 e. The average Bonchev–Trinajstić information content (AvgIpc) is 2.37.